The Labute approximate surface area is 225 Å². The van der Waals surface area contributed by atoms with Gasteiger partial charge in [0.2, 0.25) is 0 Å². The van der Waals surface area contributed by atoms with E-state index in [1.807, 2.05) is 30.3 Å². The third kappa shape index (κ3) is 5.96. The van der Waals surface area contributed by atoms with Gasteiger partial charge in [-0.15, -0.1) is 0 Å². The average Bonchev–Trinajstić information content (AvgIpc) is 3.11. The SMILES string of the molecule is CC(C)(C)OC(=O)ON1CC=C(Cl)C=c2[nH]c3c(c21)CN=NC=3C1CCC(Oc2cccc(Cl)c2)CC1. The van der Waals surface area contributed by atoms with Gasteiger partial charge >= 0.3 is 6.16 Å². The molecule has 10 heteroatoms. The van der Waals surface area contributed by atoms with Crippen LogP contribution in [0.25, 0.3) is 11.8 Å². The van der Waals surface area contributed by atoms with E-state index in [0.717, 1.165) is 59.1 Å². The van der Waals surface area contributed by atoms with E-state index in [1.165, 1.54) is 5.06 Å². The first kappa shape index (κ1) is 25.7. The molecule has 196 valence electrons. The smallest absolute Gasteiger partial charge is 0.490 e. The molecule has 0 spiro atoms. The third-order valence-corrected chi connectivity index (χ3v) is 6.98. The summed E-state index contributed by atoms with van der Waals surface area (Å²) in [5.41, 5.74) is 1.90. The lowest BCUT2D eigenvalue weighted by atomic mass is 9.84. The number of nitrogens with one attached hydrogen (secondary N) is 1. The first-order valence-electron chi connectivity index (χ1n) is 12.5. The van der Waals surface area contributed by atoms with Crippen molar-refractivity contribution in [3.63, 3.8) is 0 Å². The van der Waals surface area contributed by atoms with E-state index in [-0.39, 0.29) is 18.6 Å². The Kier molecular flexibility index (Phi) is 7.23. The number of benzene rings is 1. The van der Waals surface area contributed by atoms with Gasteiger partial charge in [0.1, 0.15) is 17.0 Å². The molecule has 1 fully saturated rings. The van der Waals surface area contributed by atoms with Crippen LogP contribution in [-0.2, 0) is 16.1 Å². The van der Waals surface area contributed by atoms with E-state index >= 15 is 0 Å². The minimum atomic E-state index is -0.778. The monoisotopic (exact) mass is 544 g/mol. The number of rotatable bonds is 4. The summed E-state index contributed by atoms with van der Waals surface area (Å²) in [6, 6.07) is 7.51. The topological polar surface area (TPSA) is 88.5 Å². The van der Waals surface area contributed by atoms with Crippen LogP contribution < -0.4 is 20.5 Å². The average molecular weight is 545 g/mol. The Morgan fingerprint density at radius 3 is 2.68 bits per heavy atom. The van der Waals surface area contributed by atoms with Crippen molar-refractivity contribution < 1.29 is 19.1 Å². The maximum absolute atomic E-state index is 12.5. The molecule has 37 heavy (non-hydrogen) atoms. The number of nitrogens with zero attached hydrogens (tertiary/aromatic N) is 3. The maximum Gasteiger partial charge on any atom is 0.533 e. The number of aromatic nitrogens is 1. The van der Waals surface area contributed by atoms with Crippen molar-refractivity contribution in [1.82, 2.24) is 4.98 Å². The summed E-state index contributed by atoms with van der Waals surface area (Å²) < 4.78 is 11.5. The Morgan fingerprint density at radius 1 is 1.16 bits per heavy atom. The van der Waals surface area contributed by atoms with Gasteiger partial charge < -0.3 is 19.3 Å². The molecule has 0 saturated heterocycles. The number of hydrogen-bond donors (Lipinski definition) is 1. The molecule has 2 aliphatic heterocycles. The number of halogens is 2. The predicted octanol–water partition coefficient (Wildman–Crippen LogP) is 5.97. The zero-order chi connectivity index (χ0) is 26.2. The molecular formula is C27H30Cl2N4O4. The minimum absolute atomic E-state index is 0.130. The minimum Gasteiger partial charge on any atom is -0.490 e. The molecule has 1 aromatic carbocycles. The van der Waals surface area contributed by atoms with Gasteiger partial charge in [-0.2, -0.15) is 15.3 Å². The number of hydroxylamine groups is 1. The Hall–Kier alpha value is -2.97. The molecule has 0 bridgehead atoms. The highest BCUT2D eigenvalue weighted by Gasteiger charge is 2.31. The van der Waals surface area contributed by atoms with Crippen LogP contribution in [-0.4, -0.2) is 29.4 Å². The third-order valence-electron chi connectivity index (χ3n) is 6.48. The van der Waals surface area contributed by atoms with Crippen molar-refractivity contribution in [2.75, 3.05) is 11.6 Å². The van der Waals surface area contributed by atoms with Gasteiger partial charge in [-0.25, -0.2) is 4.79 Å². The van der Waals surface area contributed by atoms with Crippen LogP contribution in [0.3, 0.4) is 0 Å². The van der Waals surface area contributed by atoms with E-state index in [0.29, 0.717) is 16.6 Å². The lowest BCUT2D eigenvalue weighted by molar-refractivity contribution is -0.0116. The number of hydrogen-bond acceptors (Lipinski definition) is 7. The normalized spacial score (nSPS) is 21.3. The number of carbonyl (C=O) groups is 1. The highest BCUT2D eigenvalue weighted by Crippen LogP contribution is 2.35. The maximum atomic E-state index is 12.5. The first-order valence-corrected chi connectivity index (χ1v) is 13.2. The van der Waals surface area contributed by atoms with Crippen molar-refractivity contribution in [3.05, 3.63) is 56.7 Å². The molecule has 3 aliphatic rings. The second-order valence-electron chi connectivity index (χ2n) is 10.4. The summed E-state index contributed by atoms with van der Waals surface area (Å²) in [7, 11) is 0. The molecule has 3 heterocycles. The molecule has 5 rings (SSSR count). The molecule has 0 radical (unpaired) electrons. The van der Waals surface area contributed by atoms with Crippen LogP contribution in [0, 0.1) is 5.92 Å². The number of fused-ring (bicyclic) bond motifs is 3. The van der Waals surface area contributed by atoms with Crippen molar-refractivity contribution in [3.8, 4) is 5.75 Å². The molecule has 8 nitrogen and oxygen atoms in total. The zero-order valence-electron chi connectivity index (χ0n) is 21.1. The van der Waals surface area contributed by atoms with Crippen molar-refractivity contribution in [2.24, 2.45) is 16.1 Å². The fraction of sp³-hybridized carbons (Fsp3) is 0.444. The quantitative estimate of drug-likeness (QED) is 0.479. The van der Waals surface area contributed by atoms with Crippen molar-refractivity contribution in [1.29, 1.82) is 0 Å². The number of anilines is 1. The van der Waals surface area contributed by atoms with E-state index < -0.39 is 11.8 Å². The molecular weight excluding hydrogens is 515 g/mol. The number of aromatic amines is 1. The van der Waals surface area contributed by atoms with Gasteiger partial charge in [0.05, 0.1) is 35.6 Å². The summed E-state index contributed by atoms with van der Waals surface area (Å²) in [5, 5.41) is 13.4. The first-order chi connectivity index (χ1) is 17.7. The lowest BCUT2D eigenvalue weighted by Crippen LogP contribution is -2.34. The second kappa shape index (κ2) is 10.4. The van der Waals surface area contributed by atoms with Crippen LogP contribution in [0.4, 0.5) is 10.5 Å². The molecule has 1 saturated carbocycles. The zero-order valence-corrected chi connectivity index (χ0v) is 22.6. The van der Waals surface area contributed by atoms with E-state index in [2.05, 4.69) is 15.2 Å². The number of azo groups is 1. The highest BCUT2D eigenvalue weighted by atomic mass is 35.5. The van der Waals surface area contributed by atoms with Gasteiger partial charge in [-0.05, 0) is 76.8 Å². The Morgan fingerprint density at radius 2 is 1.95 bits per heavy atom. The standard InChI is InChI=1S/C27H30Cl2N4O4/c1-27(2,3)36-26(34)37-33-12-11-18(29)14-22-25(33)21-15-30-32-23(24(21)31-22)16-7-9-19(10-8-16)35-20-6-4-5-17(28)13-20/h4-6,11,13-14,16,19,31H,7-10,12,15H2,1-3H3. The predicted molar refractivity (Wildman–Crippen MR) is 143 cm³/mol. The Bertz CT molecular complexity index is 1370. The molecule has 0 amide bonds. The molecule has 0 unspecified atom stereocenters. The van der Waals surface area contributed by atoms with Gasteiger partial charge in [-0.1, -0.05) is 29.3 Å². The molecule has 1 N–H and O–H groups in total. The largest absolute Gasteiger partial charge is 0.533 e. The number of allylic oxidation sites excluding steroid dienone is 1. The summed E-state index contributed by atoms with van der Waals surface area (Å²) in [4.78, 5) is 21.6. The van der Waals surface area contributed by atoms with Crippen molar-refractivity contribution >= 4 is 46.8 Å². The van der Waals surface area contributed by atoms with Crippen LogP contribution in [0.15, 0.2) is 45.6 Å². The van der Waals surface area contributed by atoms with Crippen LogP contribution in [0.1, 0.15) is 52.0 Å². The molecule has 0 atom stereocenters. The fourth-order valence-corrected chi connectivity index (χ4v) is 5.28. The summed E-state index contributed by atoms with van der Waals surface area (Å²) in [6.07, 6.45) is 6.62. The highest BCUT2D eigenvalue weighted by molar-refractivity contribution is 6.34. The van der Waals surface area contributed by atoms with Gasteiger partial charge in [0.15, 0.2) is 0 Å². The van der Waals surface area contributed by atoms with Crippen LogP contribution in [0.2, 0.25) is 5.02 Å². The van der Waals surface area contributed by atoms with Crippen LogP contribution in [0.5, 0.6) is 5.75 Å². The lowest BCUT2D eigenvalue weighted by Gasteiger charge is -2.29. The van der Waals surface area contributed by atoms with E-state index in [4.69, 9.17) is 37.5 Å². The molecule has 1 aliphatic carbocycles. The summed E-state index contributed by atoms with van der Waals surface area (Å²) in [6.45, 7) is 6.03. The fourth-order valence-electron chi connectivity index (χ4n) is 4.92. The number of ether oxygens (including phenoxy) is 2. The Balaban J connectivity index is 1.40. The van der Waals surface area contributed by atoms with Gasteiger partial charge in [0.25, 0.3) is 0 Å². The van der Waals surface area contributed by atoms with E-state index in [1.54, 1.807) is 26.8 Å². The van der Waals surface area contributed by atoms with E-state index in [9.17, 15) is 4.79 Å². The second-order valence-corrected chi connectivity index (χ2v) is 11.3. The van der Waals surface area contributed by atoms with Gasteiger partial charge in [-0.3, -0.25) is 0 Å². The summed E-state index contributed by atoms with van der Waals surface area (Å²) in [5.74, 6) is 1.03. The molecule has 2 aromatic rings. The van der Waals surface area contributed by atoms with Gasteiger partial charge in [0, 0.05) is 21.5 Å². The molecule has 1 aromatic heterocycles. The summed E-state index contributed by atoms with van der Waals surface area (Å²) >= 11 is 12.5. The number of carbonyl (C=O) groups excluding carboxylic acids is 1. The van der Waals surface area contributed by atoms with Crippen LogP contribution >= 0.6 is 23.2 Å². The van der Waals surface area contributed by atoms with Crippen molar-refractivity contribution in [2.45, 2.75) is 64.7 Å². The number of H-pyrrole nitrogens is 1.